The quantitative estimate of drug-likeness (QED) is 0.0467. The molecule has 14 fully saturated rings. The van der Waals surface area contributed by atoms with Crippen molar-refractivity contribution in [3.05, 3.63) is 22.8 Å². The van der Waals surface area contributed by atoms with Crippen LogP contribution in [0, 0.1) is 95.0 Å². The summed E-state index contributed by atoms with van der Waals surface area (Å²) in [5.41, 5.74) is 7.43. The van der Waals surface area contributed by atoms with Crippen LogP contribution in [0.25, 0.3) is 9.69 Å². The second-order valence-electron chi connectivity index (χ2n) is 40.1. The van der Waals surface area contributed by atoms with Crippen LogP contribution in [0.4, 0.5) is 19.2 Å². The van der Waals surface area contributed by atoms with Gasteiger partial charge in [0.05, 0.1) is 6.73 Å². The van der Waals surface area contributed by atoms with Crippen molar-refractivity contribution in [1.82, 2.24) is 54.3 Å². The van der Waals surface area contributed by atoms with E-state index in [0.29, 0.717) is 60.2 Å². The predicted molar refractivity (Wildman–Crippen MR) is 468 cm³/mol. The fraction of sp³-hybridized carbons (Fsp3) is 0.892. The minimum atomic E-state index is -2.27. The number of fused-ring (bicyclic) bond motifs is 4. The molecule has 6 heterocycles. The fourth-order valence-corrected chi connectivity index (χ4v) is 25.2. The highest BCUT2D eigenvalue weighted by atomic mass is 16.4. The van der Waals surface area contributed by atoms with Crippen molar-refractivity contribution >= 4 is 47.9 Å². The maximum absolute atomic E-state index is 13.0. The zero-order valence-corrected chi connectivity index (χ0v) is 76.2. The van der Waals surface area contributed by atoms with Gasteiger partial charge in [0, 0.05) is 159 Å². The average Bonchev–Trinajstić information content (AvgIpc) is 1.63. The summed E-state index contributed by atoms with van der Waals surface area (Å²) < 4.78 is 0. The molecule has 8 saturated carbocycles. The fourth-order valence-electron chi connectivity index (χ4n) is 25.2. The first kappa shape index (κ1) is 99.2. The van der Waals surface area contributed by atoms with Crippen LogP contribution < -0.4 is 11.1 Å². The second kappa shape index (κ2) is 46.6. The van der Waals surface area contributed by atoms with Gasteiger partial charge in [0.1, 0.15) is 0 Å². The van der Waals surface area contributed by atoms with Gasteiger partial charge in [0.25, 0.3) is 0 Å². The Hall–Kier alpha value is -6.26. The third-order valence-corrected chi connectivity index (χ3v) is 30.4. The summed E-state index contributed by atoms with van der Waals surface area (Å²) in [5.74, 6) is 4.99. The molecule has 14 rings (SSSR count). The number of aliphatic hydroxyl groups is 3. The molecule has 8 aliphatic carbocycles. The van der Waals surface area contributed by atoms with Gasteiger partial charge in [-0.15, -0.1) is 0 Å². The van der Waals surface area contributed by atoms with Crippen molar-refractivity contribution in [3.8, 4) is 0 Å². The number of rotatable bonds is 19. The van der Waals surface area contributed by atoms with Crippen LogP contribution in [-0.2, 0) is 19.2 Å². The van der Waals surface area contributed by atoms with E-state index in [-0.39, 0.29) is 76.9 Å². The van der Waals surface area contributed by atoms with E-state index in [9.17, 15) is 43.5 Å². The van der Waals surface area contributed by atoms with E-state index in [1.807, 2.05) is 113 Å². The zero-order valence-electron chi connectivity index (χ0n) is 76.2. The molecular formula is C93H162N14O13. The Balaban J connectivity index is 0.000000191. The Morgan fingerprint density at radius 2 is 0.650 bits per heavy atom. The van der Waals surface area contributed by atoms with Crippen LogP contribution in [-0.4, -0.2) is 287 Å². The number of nitrogens with zero attached hydrogens (tertiary/aromatic N) is 12. The molecule has 0 radical (unpaired) electrons. The van der Waals surface area contributed by atoms with Crippen molar-refractivity contribution in [3.63, 3.8) is 0 Å². The molecule has 682 valence electrons. The van der Waals surface area contributed by atoms with Gasteiger partial charge in [-0.25, -0.2) is 41.9 Å². The lowest BCUT2D eigenvalue weighted by molar-refractivity contribution is -0.165. The number of amides is 10. The van der Waals surface area contributed by atoms with Gasteiger partial charge in [0.15, 0.2) is 12.2 Å². The number of hydrogen-bond donors (Lipinski definition) is 7. The molecule has 10 amide bonds. The first-order valence-electron chi connectivity index (χ1n) is 47.4. The number of likely N-dealkylation sites (tertiary alicyclic amines) is 6. The van der Waals surface area contributed by atoms with Crippen LogP contribution in [0.15, 0.2) is 0 Å². The van der Waals surface area contributed by atoms with Gasteiger partial charge in [0.2, 0.25) is 11.8 Å². The molecule has 0 aromatic heterocycles. The number of carboxylic acids is 2. The van der Waals surface area contributed by atoms with Crippen LogP contribution in [0.5, 0.6) is 0 Å². The molecule has 0 aromatic carbocycles. The van der Waals surface area contributed by atoms with Gasteiger partial charge >= 0.3 is 48.4 Å². The molecule has 14 aliphatic rings. The van der Waals surface area contributed by atoms with Gasteiger partial charge in [-0.2, -0.15) is 0 Å². The van der Waals surface area contributed by atoms with Gasteiger partial charge in [-0.1, -0.05) is 156 Å². The Kier molecular flexibility index (Phi) is 38.5. The lowest BCUT2D eigenvalue weighted by atomic mass is 9.70. The predicted octanol–water partition coefficient (Wildman–Crippen LogP) is 14.1. The number of carbonyl (C=O) groups is 8. The molecule has 6 saturated heterocycles. The standard InChI is InChI=1S/2C25H40N4O2.C18H33N3O2.C17H31N3O.C4H6O6.2C2H6/c2*1-26-22-10-7-13-29(22)23(30)11-12-25(14-19-8-5-4-6-9-19)15-20-17-28(18-21(20)16-25)24(31)27(2)3;1-20(2)17(23)21-11-15-9-18(19-13-22,10-16(15)12-21)8-14-6-4-3-5-7-14;1-19(2)16(21)20-11-14-9-17(18,10-15(14)12-20)8-13-6-4-3-5-7-13;5-1(3(7)8)2(6)4(9)10;2*1-2/h2*19-22H,4-18H2,2-3H3;14-16,19,22H,3-13H2,1-2H3;13-15H,3-12,18H2,1-2H3;1-2,5-6H,(H,7,8)(H,9,10);2*1-2H3/t2*20-,21+,22-,25?;15-,16+,18?;14-,15+,17?;;;/m00...../s1. The first-order valence-corrected chi connectivity index (χ1v) is 47.4. The molecule has 0 spiro atoms. The zero-order chi connectivity index (χ0) is 87.8. The SMILES string of the molecule is CC.CC.CN(C)C(=O)N1C[C@@H]2CC(CC3CCCCC3)(NCO)C[C@@H]2C1.CN(C)C(=O)N1C[C@@H]2CC(N)(CC3CCCCC3)C[C@@H]2C1.O=C(O)C(O)C(O)C(=O)O.[C-]#[N+][C@@H]1CCCN1C(=O)CCC1(CC2CCCCC2)C[C@H]2CN(C(=O)N(C)C)C[C@H]2C1.[C-]#[N+][C@@H]1CCCN1C(=O)CCC1(CC2CCCCC2)C[C@H]2CN(C(=O)N(C)C)C[C@H]2C1. The molecule has 27 heteroatoms. The summed E-state index contributed by atoms with van der Waals surface area (Å²) in [4.78, 5) is 121. The van der Waals surface area contributed by atoms with E-state index >= 15 is 0 Å². The van der Waals surface area contributed by atoms with Crippen LogP contribution in [0.3, 0.4) is 0 Å². The van der Waals surface area contributed by atoms with E-state index < -0.39 is 24.1 Å². The Morgan fingerprint density at radius 1 is 0.392 bits per heavy atom. The number of aliphatic carboxylic acids is 2. The molecule has 8 N–H and O–H groups in total. The Bertz CT molecular complexity index is 3150. The Morgan fingerprint density at radius 3 is 0.908 bits per heavy atom. The number of carboxylic acid groups (broad SMARTS) is 2. The molecule has 0 aromatic rings. The number of nitrogens with one attached hydrogen (secondary N) is 1. The van der Waals surface area contributed by atoms with Crippen LogP contribution in [0.2, 0.25) is 0 Å². The van der Waals surface area contributed by atoms with Gasteiger partial charge in [-0.3, -0.25) is 34.4 Å². The van der Waals surface area contributed by atoms with Gasteiger partial charge < -0.3 is 70.5 Å². The van der Waals surface area contributed by atoms with E-state index in [4.69, 9.17) is 39.3 Å². The molecule has 120 heavy (non-hydrogen) atoms. The average molecular weight is 1680 g/mol. The smallest absolute Gasteiger partial charge is 0.335 e. The normalized spacial score (nSPS) is 31.8. The minimum Gasteiger partial charge on any atom is -0.479 e. The summed E-state index contributed by atoms with van der Waals surface area (Å²) in [5, 5.41) is 45.5. The lowest BCUT2D eigenvalue weighted by Gasteiger charge is -2.37. The third-order valence-electron chi connectivity index (χ3n) is 30.4. The molecule has 27 nitrogen and oxygen atoms in total. The second-order valence-corrected chi connectivity index (χ2v) is 40.1. The van der Waals surface area contributed by atoms with Crippen LogP contribution >= 0.6 is 0 Å². The minimum absolute atomic E-state index is 0.0601. The van der Waals surface area contributed by atoms with Crippen molar-refractivity contribution < 1.29 is 63.9 Å². The maximum atomic E-state index is 13.0. The van der Waals surface area contributed by atoms with Crippen LogP contribution in [0.1, 0.15) is 285 Å². The number of aliphatic hydroxyl groups excluding tert-OH is 3. The van der Waals surface area contributed by atoms with Crippen molar-refractivity contribution in [2.75, 3.05) is 129 Å². The first-order chi connectivity index (χ1) is 57.3. The maximum Gasteiger partial charge on any atom is 0.335 e. The summed E-state index contributed by atoms with van der Waals surface area (Å²) >= 11 is 0. The number of nitrogens with two attached hydrogens (primary N) is 1. The topological polar surface area (TPSA) is 317 Å². The summed E-state index contributed by atoms with van der Waals surface area (Å²) in [7, 11) is 14.7. The lowest BCUT2D eigenvalue weighted by Crippen LogP contribution is -2.47. The monoisotopic (exact) mass is 1680 g/mol. The van der Waals surface area contributed by atoms with Gasteiger partial charge in [-0.05, 0) is 185 Å². The molecule has 0 bridgehead atoms. The van der Waals surface area contributed by atoms with Crippen molar-refractivity contribution in [2.24, 2.45) is 87.6 Å². The van der Waals surface area contributed by atoms with E-state index in [0.717, 1.165) is 153 Å². The molecule has 16 atom stereocenters. The summed E-state index contributed by atoms with van der Waals surface area (Å²) in [6, 6.07) is 0.593. The van der Waals surface area contributed by atoms with E-state index in [1.54, 1.807) is 19.6 Å². The van der Waals surface area contributed by atoms with E-state index in [2.05, 4.69) is 15.0 Å². The highest BCUT2D eigenvalue weighted by molar-refractivity contribution is 5.83. The van der Waals surface area contributed by atoms with Crippen molar-refractivity contribution in [1.29, 1.82) is 0 Å². The summed E-state index contributed by atoms with van der Waals surface area (Å²) in [6.07, 6.45) is 43.3. The van der Waals surface area contributed by atoms with E-state index in [1.165, 1.54) is 180 Å². The van der Waals surface area contributed by atoms with Crippen molar-refractivity contribution in [2.45, 2.75) is 320 Å². The highest BCUT2D eigenvalue weighted by Crippen LogP contribution is 2.58. The highest BCUT2D eigenvalue weighted by Gasteiger charge is 2.55. The number of carbonyl (C=O) groups excluding carboxylic acids is 6. The third kappa shape index (κ3) is 26.9. The summed E-state index contributed by atoms with van der Waals surface area (Å²) in [6.45, 7) is 31.5. The largest absolute Gasteiger partial charge is 0.479 e. The molecular weight excluding hydrogens is 1520 g/mol. The molecule has 6 aliphatic heterocycles. The number of urea groups is 4. The Labute approximate surface area is 721 Å². The number of hydrogen-bond acceptors (Lipinski definition) is 13. The molecule has 6 unspecified atom stereocenters.